The second-order valence-electron chi connectivity index (χ2n) is 4.67. The third-order valence-corrected chi connectivity index (χ3v) is 3.23. The van der Waals surface area contributed by atoms with Gasteiger partial charge in [-0.1, -0.05) is 12.1 Å². The Labute approximate surface area is 121 Å². The van der Waals surface area contributed by atoms with Gasteiger partial charge in [-0.3, -0.25) is 4.79 Å². The van der Waals surface area contributed by atoms with Crippen molar-refractivity contribution >= 4 is 5.97 Å². The van der Waals surface area contributed by atoms with Crippen LogP contribution in [0.1, 0.15) is 27.3 Å². The van der Waals surface area contributed by atoms with Crippen LogP contribution in [-0.4, -0.2) is 27.7 Å². The molecule has 6 heteroatoms. The molecule has 0 spiro atoms. The lowest BCUT2D eigenvalue weighted by Crippen LogP contribution is -2.21. The van der Waals surface area contributed by atoms with Crippen molar-refractivity contribution in [1.82, 2.24) is 9.97 Å². The molecule has 2 N–H and O–H groups in total. The Morgan fingerprint density at radius 2 is 2.14 bits per heavy atom. The standard InChI is InChI=1S/C15H16N2O4/c1-9-4-3-5-12(10(9)2)21-7-6-13-16-8-11(15(19)20)14(18)17-13/h3-5,8H,6-7H2,1-2H3,(H,19,20)(H,16,17,18). The first kappa shape index (κ1) is 14.8. The Kier molecular flexibility index (Phi) is 4.37. The molecule has 0 bridgehead atoms. The van der Waals surface area contributed by atoms with Crippen LogP contribution in [0.4, 0.5) is 0 Å². The molecule has 6 nitrogen and oxygen atoms in total. The molecule has 21 heavy (non-hydrogen) atoms. The van der Waals surface area contributed by atoms with E-state index in [4.69, 9.17) is 9.84 Å². The Hall–Kier alpha value is -2.63. The van der Waals surface area contributed by atoms with Crippen molar-refractivity contribution in [2.75, 3.05) is 6.61 Å². The van der Waals surface area contributed by atoms with E-state index < -0.39 is 11.5 Å². The maximum atomic E-state index is 11.5. The highest BCUT2D eigenvalue weighted by Gasteiger charge is 2.10. The van der Waals surface area contributed by atoms with Gasteiger partial charge in [-0.2, -0.15) is 0 Å². The van der Waals surface area contributed by atoms with Crippen molar-refractivity contribution in [3.8, 4) is 5.75 Å². The van der Waals surface area contributed by atoms with Crippen molar-refractivity contribution in [3.63, 3.8) is 0 Å². The fourth-order valence-electron chi connectivity index (χ4n) is 1.85. The van der Waals surface area contributed by atoms with Gasteiger partial charge in [0.1, 0.15) is 17.1 Å². The molecule has 0 aliphatic heterocycles. The minimum absolute atomic E-state index is 0.347. The van der Waals surface area contributed by atoms with Crippen molar-refractivity contribution in [2.24, 2.45) is 0 Å². The lowest BCUT2D eigenvalue weighted by molar-refractivity contribution is 0.0694. The van der Waals surface area contributed by atoms with Crippen LogP contribution in [0.3, 0.4) is 0 Å². The lowest BCUT2D eigenvalue weighted by atomic mass is 10.1. The minimum atomic E-state index is -1.29. The molecular weight excluding hydrogens is 272 g/mol. The number of aromatic nitrogens is 2. The van der Waals surface area contributed by atoms with E-state index in [0.717, 1.165) is 23.1 Å². The van der Waals surface area contributed by atoms with Crippen LogP contribution in [0.2, 0.25) is 0 Å². The number of carboxylic acid groups (broad SMARTS) is 1. The van der Waals surface area contributed by atoms with E-state index in [1.165, 1.54) is 0 Å². The Morgan fingerprint density at radius 3 is 2.81 bits per heavy atom. The number of nitrogens with one attached hydrogen (secondary N) is 1. The van der Waals surface area contributed by atoms with Gasteiger partial charge in [0, 0.05) is 12.6 Å². The summed E-state index contributed by atoms with van der Waals surface area (Å²) >= 11 is 0. The van der Waals surface area contributed by atoms with E-state index in [0.29, 0.717) is 18.9 Å². The number of benzene rings is 1. The summed E-state index contributed by atoms with van der Waals surface area (Å²) in [6.45, 7) is 4.33. The fourth-order valence-corrected chi connectivity index (χ4v) is 1.85. The number of carbonyl (C=O) groups is 1. The summed E-state index contributed by atoms with van der Waals surface area (Å²) in [7, 11) is 0. The number of rotatable bonds is 5. The van der Waals surface area contributed by atoms with Crippen LogP contribution >= 0.6 is 0 Å². The normalized spacial score (nSPS) is 10.4. The zero-order valence-electron chi connectivity index (χ0n) is 11.8. The molecule has 0 unspecified atom stereocenters. The van der Waals surface area contributed by atoms with Gasteiger partial charge in [0.2, 0.25) is 0 Å². The molecule has 0 aliphatic rings. The van der Waals surface area contributed by atoms with Gasteiger partial charge < -0.3 is 14.8 Å². The number of ether oxygens (including phenoxy) is 1. The predicted molar refractivity (Wildman–Crippen MR) is 76.9 cm³/mol. The van der Waals surface area contributed by atoms with Gasteiger partial charge in [-0.15, -0.1) is 0 Å². The van der Waals surface area contributed by atoms with E-state index in [2.05, 4.69) is 9.97 Å². The molecule has 0 amide bonds. The second-order valence-corrected chi connectivity index (χ2v) is 4.67. The van der Waals surface area contributed by atoms with Crippen LogP contribution in [0.25, 0.3) is 0 Å². The molecule has 0 radical (unpaired) electrons. The number of carboxylic acids is 1. The molecule has 0 saturated heterocycles. The van der Waals surface area contributed by atoms with Crippen LogP contribution < -0.4 is 10.3 Å². The fraction of sp³-hybridized carbons (Fsp3) is 0.267. The van der Waals surface area contributed by atoms with Gasteiger partial charge in [0.25, 0.3) is 5.56 Å². The third-order valence-electron chi connectivity index (χ3n) is 3.23. The molecule has 2 aromatic rings. The van der Waals surface area contributed by atoms with E-state index >= 15 is 0 Å². The highest BCUT2D eigenvalue weighted by Crippen LogP contribution is 2.20. The molecule has 0 fully saturated rings. The molecule has 2 rings (SSSR count). The highest BCUT2D eigenvalue weighted by atomic mass is 16.5. The molecule has 0 atom stereocenters. The van der Waals surface area contributed by atoms with Crippen LogP contribution in [0, 0.1) is 13.8 Å². The summed E-state index contributed by atoms with van der Waals surface area (Å²) in [5.74, 6) is -0.100. The quantitative estimate of drug-likeness (QED) is 0.873. The number of H-pyrrole nitrogens is 1. The van der Waals surface area contributed by atoms with Crippen molar-refractivity contribution in [3.05, 3.63) is 57.3 Å². The van der Waals surface area contributed by atoms with Crippen molar-refractivity contribution < 1.29 is 14.6 Å². The molecule has 1 heterocycles. The van der Waals surface area contributed by atoms with E-state index in [1.807, 2.05) is 32.0 Å². The van der Waals surface area contributed by atoms with Gasteiger partial charge >= 0.3 is 5.97 Å². The topological polar surface area (TPSA) is 92.3 Å². The summed E-state index contributed by atoms with van der Waals surface area (Å²) in [4.78, 5) is 28.6. The number of nitrogens with zero attached hydrogens (tertiary/aromatic N) is 1. The average Bonchev–Trinajstić information content (AvgIpc) is 2.43. The van der Waals surface area contributed by atoms with Crippen molar-refractivity contribution in [2.45, 2.75) is 20.3 Å². The zero-order valence-corrected chi connectivity index (χ0v) is 11.8. The van der Waals surface area contributed by atoms with Gasteiger partial charge in [-0.05, 0) is 31.0 Å². The predicted octanol–water partition coefficient (Wildman–Crippen LogP) is 1.71. The lowest BCUT2D eigenvalue weighted by Gasteiger charge is -2.10. The Morgan fingerprint density at radius 1 is 1.38 bits per heavy atom. The van der Waals surface area contributed by atoms with Crippen molar-refractivity contribution in [1.29, 1.82) is 0 Å². The van der Waals surface area contributed by atoms with E-state index in [1.54, 1.807) is 0 Å². The van der Waals surface area contributed by atoms with Crippen LogP contribution in [0.5, 0.6) is 5.75 Å². The number of aromatic amines is 1. The average molecular weight is 288 g/mol. The van der Waals surface area contributed by atoms with Crippen LogP contribution in [-0.2, 0) is 6.42 Å². The SMILES string of the molecule is Cc1cccc(OCCc2ncc(C(=O)O)c(=O)[nH]2)c1C. The summed E-state index contributed by atoms with van der Waals surface area (Å²) in [5.41, 5.74) is 1.19. The molecule has 0 saturated carbocycles. The molecule has 1 aromatic carbocycles. The first-order chi connectivity index (χ1) is 9.99. The van der Waals surface area contributed by atoms with E-state index in [-0.39, 0.29) is 5.56 Å². The molecule has 0 aliphatic carbocycles. The first-order valence-electron chi connectivity index (χ1n) is 6.49. The number of hydrogen-bond acceptors (Lipinski definition) is 4. The maximum absolute atomic E-state index is 11.5. The van der Waals surface area contributed by atoms with Gasteiger partial charge in [-0.25, -0.2) is 9.78 Å². The monoisotopic (exact) mass is 288 g/mol. The summed E-state index contributed by atoms with van der Waals surface area (Å²) in [6, 6.07) is 5.80. The summed E-state index contributed by atoms with van der Waals surface area (Å²) < 4.78 is 5.66. The summed E-state index contributed by atoms with van der Waals surface area (Å²) in [5, 5.41) is 8.75. The maximum Gasteiger partial charge on any atom is 0.342 e. The molecule has 110 valence electrons. The van der Waals surface area contributed by atoms with Gasteiger partial charge in [0.05, 0.1) is 6.61 Å². The smallest absolute Gasteiger partial charge is 0.342 e. The van der Waals surface area contributed by atoms with E-state index in [9.17, 15) is 9.59 Å². The number of aromatic carboxylic acids is 1. The molecular formula is C15H16N2O4. The third kappa shape index (κ3) is 3.47. The Bertz CT molecular complexity index is 722. The minimum Gasteiger partial charge on any atom is -0.493 e. The van der Waals surface area contributed by atoms with Gasteiger partial charge in [0.15, 0.2) is 0 Å². The summed E-state index contributed by atoms with van der Waals surface area (Å²) in [6.07, 6.45) is 1.46. The number of aryl methyl sites for hydroxylation is 1. The zero-order chi connectivity index (χ0) is 15.4. The Balaban J connectivity index is 2.01. The molecule has 1 aromatic heterocycles. The second kappa shape index (κ2) is 6.21. The highest BCUT2D eigenvalue weighted by molar-refractivity contribution is 5.86. The number of hydrogen-bond donors (Lipinski definition) is 2. The van der Waals surface area contributed by atoms with Crippen LogP contribution in [0.15, 0.2) is 29.2 Å². The first-order valence-corrected chi connectivity index (χ1v) is 6.49. The largest absolute Gasteiger partial charge is 0.493 e.